The fourth-order valence-corrected chi connectivity index (χ4v) is 3.51. The van der Waals surface area contributed by atoms with Crippen molar-refractivity contribution in [2.45, 2.75) is 19.3 Å². The molecular formula is C20H20Cl2N2O2. The van der Waals surface area contributed by atoms with Gasteiger partial charge >= 0.3 is 0 Å². The molecule has 0 radical (unpaired) electrons. The Morgan fingerprint density at radius 2 is 1.62 bits per heavy atom. The number of nitrogens with zero attached hydrogens (tertiary/aromatic N) is 1. The number of rotatable bonds is 5. The van der Waals surface area contributed by atoms with Crippen LogP contribution in [0.5, 0.6) is 0 Å². The van der Waals surface area contributed by atoms with E-state index in [1.54, 1.807) is 36.4 Å². The minimum Gasteiger partial charge on any atom is -0.352 e. The second kappa shape index (κ2) is 8.56. The van der Waals surface area contributed by atoms with Crippen molar-refractivity contribution in [3.8, 4) is 0 Å². The van der Waals surface area contributed by atoms with Gasteiger partial charge in [-0.3, -0.25) is 9.59 Å². The molecule has 4 nitrogen and oxygen atoms in total. The average Bonchev–Trinajstić information content (AvgIpc) is 3.17. The van der Waals surface area contributed by atoms with Gasteiger partial charge in [-0.25, -0.2) is 0 Å². The quantitative estimate of drug-likeness (QED) is 0.831. The Balaban J connectivity index is 1.53. The van der Waals surface area contributed by atoms with Crippen LogP contribution in [0, 0.1) is 0 Å². The lowest BCUT2D eigenvalue weighted by atomic mass is 10.1. The SMILES string of the molecule is O=C(NCCc1ccc(Cl)cc1Cl)c1ccc(C(=O)N2CCCC2)cc1. The molecular weight excluding hydrogens is 371 g/mol. The normalized spacial score (nSPS) is 13.7. The maximum Gasteiger partial charge on any atom is 0.253 e. The predicted octanol–water partition coefficient (Wildman–Crippen LogP) is 4.20. The van der Waals surface area contributed by atoms with E-state index in [0.29, 0.717) is 34.1 Å². The third-order valence-electron chi connectivity index (χ3n) is 4.48. The minimum absolute atomic E-state index is 0.0341. The van der Waals surface area contributed by atoms with Crippen LogP contribution in [0.25, 0.3) is 0 Å². The molecule has 0 aliphatic carbocycles. The van der Waals surface area contributed by atoms with Crippen molar-refractivity contribution in [3.05, 3.63) is 69.2 Å². The zero-order valence-electron chi connectivity index (χ0n) is 14.3. The van der Waals surface area contributed by atoms with Gasteiger partial charge in [0.2, 0.25) is 0 Å². The van der Waals surface area contributed by atoms with Crippen LogP contribution in [0.15, 0.2) is 42.5 Å². The number of nitrogens with one attached hydrogen (secondary N) is 1. The van der Waals surface area contributed by atoms with Crippen LogP contribution in [0.3, 0.4) is 0 Å². The zero-order valence-corrected chi connectivity index (χ0v) is 15.8. The van der Waals surface area contributed by atoms with E-state index < -0.39 is 0 Å². The van der Waals surface area contributed by atoms with Crippen LogP contribution in [0.1, 0.15) is 39.1 Å². The lowest BCUT2D eigenvalue weighted by molar-refractivity contribution is 0.0792. The van der Waals surface area contributed by atoms with Crippen molar-refractivity contribution in [1.29, 1.82) is 0 Å². The number of halogens is 2. The van der Waals surface area contributed by atoms with E-state index in [4.69, 9.17) is 23.2 Å². The molecule has 1 saturated heterocycles. The van der Waals surface area contributed by atoms with Crippen molar-refractivity contribution >= 4 is 35.0 Å². The molecule has 0 atom stereocenters. The first-order chi connectivity index (χ1) is 12.5. The number of amides is 2. The van der Waals surface area contributed by atoms with Crippen molar-refractivity contribution in [3.63, 3.8) is 0 Å². The maximum absolute atomic E-state index is 12.3. The summed E-state index contributed by atoms with van der Waals surface area (Å²) in [5.41, 5.74) is 2.09. The monoisotopic (exact) mass is 390 g/mol. The molecule has 2 aromatic carbocycles. The van der Waals surface area contributed by atoms with Crippen LogP contribution < -0.4 is 5.32 Å². The van der Waals surface area contributed by atoms with Gasteiger partial charge < -0.3 is 10.2 Å². The van der Waals surface area contributed by atoms with Gasteiger partial charge in [-0.05, 0) is 61.2 Å². The van der Waals surface area contributed by atoms with Crippen LogP contribution in [-0.2, 0) is 6.42 Å². The van der Waals surface area contributed by atoms with E-state index in [1.807, 2.05) is 11.0 Å². The molecule has 3 rings (SSSR count). The fourth-order valence-electron chi connectivity index (χ4n) is 3.00. The first-order valence-electron chi connectivity index (χ1n) is 8.66. The molecule has 0 aromatic heterocycles. The summed E-state index contributed by atoms with van der Waals surface area (Å²) >= 11 is 12.0. The summed E-state index contributed by atoms with van der Waals surface area (Å²) in [6, 6.07) is 12.1. The smallest absolute Gasteiger partial charge is 0.253 e. The fraction of sp³-hybridized carbons (Fsp3) is 0.300. The van der Waals surface area contributed by atoms with Crippen molar-refractivity contribution in [2.24, 2.45) is 0 Å². The van der Waals surface area contributed by atoms with Gasteiger partial charge in [-0.2, -0.15) is 0 Å². The lowest BCUT2D eigenvalue weighted by Gasteiger charge is -2.15. The molecule has 1 heterocycles. The second-order valence-corrected chi connectivity index (χ2v) is 7.16. The number of hydrogen-bond donors (Lipinski definition) is 1. The summed E-state index contributed by atoms with van der Waals surface area (Å²) in [6.07, 6.45) is 2.74. The number of carbonyl (C=O) groups is 2. The molecule has 1 N–H and O–H groups in total. The number of hydrogen-bond acceptors (Lipinski definition) is 2. The van der Waals surface area contributed by atoms with E-state index >= 15 is 0 Å². The van der Waals surface area contributed by atoms with Crippen LogP contribution in [0.2, 0.25) is 10.0 Å². The summed E-state index contributed by atoms with van der Waals surface area (Å²) in [4.78, 5) is 26.4. The van der Waals surface area contributed by atoms with E-state index in [9.17, 15) is 9.59 Å². The molecule has 0 saturated carbocycles. The van der Waals surface area contributed by atoms with Crippen LogP contribution in [0.4, 0.5) is 0 Å². The number of benzene rings is 2. The van der Waals surface area contributed by atoms with Crippen molar-refractivity contribution < 1.29 is 9.59 Å². The highest BCUT2D eigenvalue weighted by Gasteiger charge is 2.19. The molecule has 0 spiro atoms. The van der Waals surface area contributed by atoms with E-state index in [2.05, 4.69) is 5.32 Å². The third-order valence-corrected chi connectivity index (χ3v) is 5.07. The first-order valence-corrected chi connectivity index (χ1v) is 9.41. The molecule has 26 heavy (non-hydrogen) atoms. The van der Waals surface area contributed by atoms with Gasteiger partial charge in [0, 0.05) is 40.8 Å². The average molecular weight is 391 g/mol. The van der Waals surface area contributed by atoms with Gasteiger partial charge in [0.25, 0.3) is 11.8 Å². The summed E-state index contributed by atoms with van der Waals surface area (Å²) in [5, 5.41) is 4.05. The molecule has 2 amide bonds. The zero-order chi connectivity index (χ0) is 18.5. The van der Waals surface area contributed by atoms with Gasteiger partial charge in [-0.1, -0.05) is 29.3 Å². The lowest BCUT2D eigenvalue weighted by Crippen LogP contribution is -2.28. The number of carbonyl (C=O) groups excluding carboxylic acids is 2. The van der Waals surface area contributed by atoms with Gasteiger partial charge in [0.15, 0.2) is 0 Å². The Hall–Kier alpha value is -2.04. The highest BCUT2D eigenvalue weighted by molar-refractivity contribution is 6.35. The second-order valence-electron chi connectivity index (χ2n) is 6.32. The third kappa shape index (κ3) is 4.57. The summed E-state index contributed by atoms with van der Waals surface area (Å²) in [7, 11) is 0. The van der Waals surface area contributed by atoms with Gasteiger partial charge in [-0.15, -0.1) is 0 Å². The molecule has 0 bridgehead atoms. The summed E-state index contributed by atoms with van der Waals surface area (Å²) in [6.45, 7) is 2.09. The van der Waals surface area contributed by atoms with E-state index in [1.165, 1.54) is 0 Å². The predicted molar refractivity (Wildman–Crippen MR) is 104 cm³/mol. The number of likely N-dealkylation sites (tertiary alicyclic amines) is 1. The standard InChI is InChI=1S/C20H20Cl2N2O2/c21-17-8-7-14(18(22)13-17)9-10-23-19(25)15-3-5-16(6-4-15)20(26)24-11-1-2-12-24/h3-8,13H,1-2,9-12H2,(H,23,25). The largest absolute Gasteiger partial charge is 0.352 e. The highest BCUT2D eigenvalue weighted by atomic mass is 35.5. The van der Waals surface area contributed by atoms with Crippen LogP contribution >= 0.6 is 23.2 Å². The molecule has 1 fully saturated rings. The van der Waals surface area contributed by atoms with Gasteiger partial charge in [0.1, 0.15) is 0 Å². The molecule has 1 aliphatic heterocycles. The molecule has 0 unspecified atom stereocenters. The van der Waals surface area contributed by atoms with Crippen LogP contribution in [-0.4, -0.2) is 36.3 Å². The molecule has 6 heteroatoms. The van der Waals surface area contributed by atoms with E-state index in [-0.39, 0.29) is 11.8 Å². The summed E-state index contributed by atoms with van der Waals surface area (Å²) in [5.74, 6) is -0.137. The molecule has 2 aromatic rings. The molecule has 1 aliphatic rings. The Morgan fingerprint density at radius 3 is 2.27 bits per heavy atom. The Kier molecular flexibility index (Phi) is 6.17. The maximum atomic E-state index is 12.3. The Bertz CT molecular complexity index is 800. The molecule has 136 valence electrons. The Morgan fingerprint density at radius 1 is 0.962 bits per heavy atom. The highest BCUT2D eigenvalue weighted by Crippen LogP contribution is 2.21. The van der Waals surface area contributed by atoms with Crippen molar-refractivity contribution in [1.82, 2.24) is 10.2 Å². The first kappa shape index (κ1) is 18.7. The Labute approximate surface area is 163 Å². The summed E-state index contributed by atoms with van der Waals surface area (Å²) < 4.78 is 0. The minimum atomic E-state index is -0.171. The van der Waals surface area contributed by atoms with Gasteiger partial charge in [0.05, 0.1) is 0 Å². The van der Waals surface area contributed by atoms with E-state index in [0.717, 1.165) is 31.5 Å². The topological polar surface area (TPSA) is 49.4 Å². The van der Waals surface area contributed by atoms with Crippen molar-refractivity contribution in [2.75, 3.05) is 19.6 Å².